The lowest BCUT2D eigenvalue weighted by Gasteiger charge is -2.47. The van der Waals surface area contributed by atoms with Gasteiger partial charge in [0.05, 0.1) is 13.2 Å². The second-order valence-corrected chi connectivity index (χ2v) is 5.29. The molecule has 0 radical (unpaired) electrons. The number of hydrogen-bond donors (Lipinski definition) is 2. The number of hydrazine groups is 1. The summed E-state index contributed by atoms with van der Waals surface area (Å²) < 4.78 is 5.44. The summed E-state index contributed by atoms with van der Waals surface area (Å²) in [5.41, 5.74) is 3.25. The van der Waals surface area contributed by atoms with E-state index in [1.807, 2.05) is 0 Å². The second kappa shape index (κ2) is 5.00. The van der Waals surface area contributed by atoms with Crippen LogP contribution in [0, 0.1) is 5.92 Å². The van der Waals surface area contributed by atoms with Gasteiger partial charge in [-0.2, -0.15) is 0 Å². The van der Waals surface area contributed by atoms with Crippen LogP contribution in [0.3, 0.4) is 0 Å². The van der Waals surface area contributed by atoms with Gasteiger partial charge in [0.1, 0.15) is 0 Å². The lowest BCUT2D eigenvalue weighted by molar-refractivity contribution is -0.0354. The fourth-order valence-electron chi connectivity index (χ4n) is 2.97. The number of rotatable bonds is 5. The smallest absolute Gasteiger partial charge is 0.0594 e. The Morgan fingerprint density at radius 2 is 2.06 bits per heavy atom. The average molecular weight is 227 g/mol. The molecular weight excluding hydrogens is 202 g/mol. The van der Waals surface area contributed by atoms with Crippen molar-refractivity contribution in [3.8, 4) is 0 Å². The van der Waals surface area contributed by atoms with E-state index in [2.05, 4.69) is 24.2 Å². The van der Waals surface area contributed by atoms with Crippen molar-refractivity contribution >= 4 is 0 Å². The highest BCUT2D eigenvalue weighted by atomic mass is 16.5. The number of nitrogens with two attached hydrogens (primary N) is 1. The van der Waals surface area contributed by atoms with Gasteiger partial charge < -0.3 is 4.74 Å². The largest absolute Gasteiger partial charge is 0.379 e. The molecule has 0 aromatic heterocycles. The Morgan fingerprint density at radius 3 is 2.50 bits per heavy atom. The van der Waals surface area contributed by atoms with E-state index in [1.165, 1.54) is 12.8 Å². The first-order valence-electron chi connectivity index (χ1n) is 6.51. The molecule has 0 aromatic carbocycles. The summed E-state index contributed by atoms with van der Waals surface area (Å²) in [5, 5.41) is 0. The van der Waals surface area contributed by atoms with Crippen molar-refractivity contribution in [3.05, 3.63) is 0 Å². The maximum atomic E-state index is 5.77. The number of nitrogens with one attached hydrogen (secondary N) is 1. The van der Waals surface area contributed by atoms with E-state index in [0.717, 1.165) is 38.6 Å². The summed E-state index contributed by atoms with van der Waals surface area (Å²) >= 11 is 0. The normalized spacial score (nSPS) is 28.7. The molecule has 1 saturated heterocycles. The Balaban J connectivity index is 2.08. The van der Waals surface area contributed by atoms with Gasteiger partial charge in [0, 0.05) is 24.7 Å². The third kappa shape index (κ3) is 2.25. The molecule has 0 bridgehead atoms. The van der Waals surface area contributed by atoms with Crippen molar-refractivity contribution in [1.82, 2.24) is 10.3 Å². The Bertz CT molecular complexity index is 226. The van der Waals surface area contributed by atoms with Crippen LogP contribution in [0.5, 0.6) is 0 Å². The van der Waals surface area contributed by atoms with Crippen LogP contribution < -0.4 is 11.3 Å². The monoisotopic (exact) mass is 227 g/mol. The summed E-state index contributed by atoms with van der Waals surface area (Å²) in [7, 11) is 0. The highest BCUT2D eigenvalue weighted by Crippen LogP contribution is 2.40. The van der Waals surface area contributed by atoms with Crippen molar-refractivity contribution in [2.75, 3.05) is 26.3 Å². The average Bonchev–Trinajstić information content (AvgIpc) is 3.15. The molecule has 1 aliphatic carbocycles. The number of ether oxygens (including phenoxy) is 1. The van der Waals surface area contributed by atoms with Crippen LogP contribution in [0.15, 0.2) is 0 Å². The van der Waals surface area contributed by atoms with Gasteiger partial charge >= 0.3 is 0 Å². The molecule has 2 fully saturated rings. The molecule has 2 rings (SSSR count). The Kier molecular flexibility index (Phi) is 3.85. The predicted octanol–water partition coefficient (Wildman–Crippen LogP) is 0.729. The van der Waals surface area contributed by atoms with E-state index >= 15 is 0 Å². The van der Waals surface area contributed by atoms with Gasteiger partial charge in [0.2, 0.25) is 0 Å². The molecule has 2 unspecified atom stereocenters. The first-order chi connectivity index (χ1) is 7.72. The molecule has 94 valence electrons. The van der Waals surface area contributed by atoms with Gasteiger partial charge in [-0.15, -0.1) is 0 Å². The van der Waals surface area contributed by atoms with Gasteiger partial charge in [-0.3, -0.25) is 16.2 Å². The maximum Gasteiger partial charge on any atom is 0.0594 e. The summed E-state index contributed by atoms with van der Waals surface area (Å²) in [6.07, 6.45) is 3.79. The molecule has 3 N–H and O–H groups in total. The van der Waals surface area contributed by atoms with Crippen molar-refractivity contribution in [2.45, 2.75) is 44.7 Å². The lowest BCUT2D eigenvalue weighted by atomic mass is 9.84. The molecule has 2 aliphatic rings. The Hall–Kier alpha value is -0.160. The van der Waals surface area contributed by atoms with Crippen molar-refractivity contribution < 1.29 is 4.74 Å². The highest BCUT2D eigenvalue weighted by Gasteiger charge is 2.45. The molecule has 4 nitrogen and oxygen atoms in total. The minimum atomic E-state index is 0.180. The fourth-order valence-corrected chi connectivity index (χ4v) is 2.97. The maximum absolute atomic E-state index is 5.77. The SMILES string of the molecule is CCC(C)(C(NN)C1CC1)N1CCOCC1. The van der Waals surface area contributed by atoms with Gasteiger partial charge in [0.25, 0.3) is 0 Å². The number of nitrogens with zero attached hydrogens (tertiary/aromatic N) is 1. The van der Waals surface area contributed by atoms with E-state index in [0.29, 0.717) is 6.04 Å². The molecule has 16 heavy (non-hydrogen) atoms. The van der Waals surface area contributed by atoms with E-state index in [1.54, 1.807) is 0 Å². The van der Waals surface area contributed by atoms with E-state index in [-0.39, 0.29) is 5.54 Å². The third-order valence-electron chi connectivity index (χ3n) is 4.39. The summed E-state index contributed by atoms with van der Waals surface area (Å²) in [6, 6.07) is 0.426. The van der Waals surface area contributed by atoms with Crippen LogP contribution in [0.4, 0.5) is 0 Å². The van der Waals surface area contributed by atoms with E-state index in [9.17, 15) is 0 Å². The Labute approximate surface area is 98.5 Å². The van der Waals surface area contributed by atoms with Crippen molar-refractivity contribution in [3.63, 3.8) is 0 Å². The van der Waals surface area contributed by atoms with Crippen LogP contribution in [-0.2, 0) is 4.74 Å². The zero-order valence-electron chi connectivity index (χ0n) is 10.5. The first kappa shape index (κ1) is 12.3. The van der Waals surface area contributed by atoms with Crippen LogP contribution in [0.1, 0.15) is 33.1 Å². The molecule has 0 spiro atoms. The molecule has 1 aliphatic heterocycles. The molecule has 1 saturated carbocycles. The lowest BCUT2D eigenvalue weighted by Crippen LogP contribution is -2.63. The standard InChI is InChI=1S/C12H25N3O/c1-3-12(2,11(14-13)10-4-5-10)15-6-8-16-9-7-15/h10-11,14H,3-9,13H2,1-2H3. The summed E-state index contributed by atoms with van der Waals surface area (Å²) in [4.78, 5) is 2.55. The number of morpholine rings is 1. The zero-order chi connectivity index (χ0) is 11.6. The fraction of sp³-hybridized carbons (Fsp3) is 1.00. The van der Waals surface area contributed by atoms with Gasteiger partial charge in [0.15, 0.2) is 0 Å². The van der Waals surface area contributed by atoms with Crippen LogP contribution in [0.25, 0.3) is 0 Å². The molecule has 2 atom stereocenters. The van der Waals surface area contributed by atoms with E-state index in [4.69, 9.17) is 10.6 Å². The molecule has 1 heterocycles. The number of hydrogen-bond acceptors (Lipinski definition) is 4. The van der Waals surface area contributed by atoms with Crippen molar-refractivity contribution in [2.24, 2.45) is 11.8 Å². The minimum absolute atomic E-state index is 0.180. The Morgan fingerprint density at radius 1 is 1.44 bits per heavy atom. The van der Waals surface area contributed by atoms with Crippen molar-refractivity contribution in [1.29, 1.82) is 0 Å². The van der Waals surface area contributed by atoms with Gasteiger partial charge in [-0.25, -0.2) is 0 Å². The zero-order valence-corrected chi connectivity index (χ0v) is 10.5. The summed E-state index contributed by atoms with van der Waals surface area (Å²) in [6.45, 7) is 8.41. The predicted molar refractivity (Wildman–Crippen MR) is 64.9 cm³/mol. The van der Waals surface area contributed by atoms with E-state index < -0.39 is 0 Å². The molecule has 4 heteroatoms. The van der Waals surface area contributed by atoms with Gasteiger partial charge in [-0.1, -0.05) is 6.92 Å². The summed E-state index contributed by atoms with van der Waals surface area (Å²) in [5.74, 6) is 6.55. The second-order valence-electron chi connectivity index (χ2n) is 5.29. The molecule has 0 amide bonds. The van der Waals surface area contributed by atoms with Crippen LogP contribution in [0.2, 0.25) is 0 Å². The molecule has 0 aromatic rings. The van der Waals surface area contributed by atoms with Gasteiger partial charge in [-0.05, 0) is 32.1 Å². The quantitative estimate of drug-likeness (QED) is 0.537. The topological polar surface area (TPSA) is 50.5 Å². The highest BCUT2D eigenvalue weighted by molar-refractivity contribution is 5.03. The minimum Gasteiger partial charge on any atom is -0.379 e. The molecular formula is C12H25N3O. The van der Waals surface area contributed by atoms with Crippen LogP contribution in [-0.4, -0.2) is 42.8 Å². The third-order valence-corrected chi connectivity index (χ3v) is 4.39. The van der Waals surface area contributed by atoms with Crippen LogP contribution >= 0.6 is 0 Å². The first-order valence-corrected chi connectivity index (χ1v) is 6.51.